The molecule has 0 aromatic carbocycles. The van der Waals surface area contributed by atoms with Crippen molar-refractivity contribution in [3.8, 4) is 0 Å². The van der Waals surface area contributed by atoms with Crippen LogP contribution in [0.2, 0.25) is 0 Å². The number of thiazole rings is 1. The van der Waals surface area contributed by atoms with Crippen molar-refractivity contribution in [3.63, 3.8) is 0 Å². The van der Waals surface area contributed by atoms with Crippen LogP contribution < -0.4 is 4.72 Å². The second-order valence-electron chi connectivity index (χ2n) is 3.32. The van der Waals surface area contributed by atoms with Crippen LogP contribution in [0.1, 0.15) is 15.4 Å². The van der Waals surface area contributed by atoms with E-state index in [0.29, 0.717) is 11.3 Å². The molecule has 18 heavy (non-hydrogen) atoms. The number of rotatable bonds is 4. The van der Waals surface area contributed by atoms with E-state index in [4.69, 9.17) is 5.11 Å². The van der Waals surface area contributed by atoms with Gasteiger partial charge in [0.25, 0.3) is 10.0 Å². The van der Waals surface area contributed by atoms with Crippen molar-refractivity contribution < 1.29 is 18.3 Å². The van der Waals surface area contributed by atoms with Crippen LogP contribution in [0.15, 0.2) is 21.7 Å². The van der Waals surface area contributed by atoms with Crippen LogP contribution in [-0.4, -0.2) is 24.5 Å². The average molecular weight is 304 g/mol. The Kier molecular flexibility index (Phi) is 3.37. The van der Waals surface area contributed by atoms with Crippen LogP contribution in [0.4, 0.5) is 5.13 Å². The van der Waals surface area contributed by atoms with Gasteiger partial charge in [-0.3, -0.25) is 4.72 Å². The van der Waals surface area contributed by atoms with Crippen molar-refractivity contribution in [1.29, 1.82) is 0 Å². The zero-order chi connectivity index (χ0) is 13.3. The van der Waals surface area contributed by atoms with Crippen LogP contribution in [0.3, 0.4) is 0 Å². The first kappa shape index (κ1) is 13.0. The SMILES string of the molecule is Cc1csc(NS(=O)(=O)c2ccc(C(=O)O)s2)n1. The summed E-state index contributed by atoms with van der Waals surface area (Å²) in [5.41, 5.74) is 0.718. The van der Waals surface area contributed by atoms with E-state index in [9.17, 15) is 13.2 Å². The molecule has 0 bridgehead atoms. The van der Waals surface area contributed by atoms with Crippen LogP contribution in [0.5, 0.6) is 0 Å². The van der Waals surface area contributed by atoms with Crippen molar-refractivity contribution in [3.05, 3.63) is 28.1 Å². The fraction of sp³-hybridized carbons (Fsp3) is 0.111. The molecule has 2 N–H and O–H groups in total. The monoisotopic (exact) mass is 304 g/mol. The normalized spacial score (nSPS) is 11.4. The number of hydrogen-bond acceptors (Lipinski definition) is 6. The standard InChI is InChI=1S/C9H8N2O4S3/c1-5-4-16-9(10-5)11-18(14,15)7-3-2-6(17-7)8(12)13/h2-4H,1H3,(H,10,11)(H,12,13). The molecule has 96 valence electrons. The summed E-state index contributed by atoms with van der Waals surface area (Å²) < 4.78 is 26.1. The minimum absolute atomic E-state index is 0.0225. The molecule has 2 rings (SSSR count). The maximum absolute atomic E-state index is 11.9. The highest BCUT2D eigenvalue weighted by atomic mass is 32.2. The molecule has 0 aliphatic rings. The third kappa shape index (κ3) is 2.68. The van der Waals surface area contributed by atoms with Crippen LogP contribution in [-0.2, 0) is 10.0 Å². The largest absolute Gasteiger partial charge is 0.477 e. The van der Waals surface area contributed by atoms with Crippen molar-refractivity contribution in [1.82, 2.24) is 4.98 Å². The second kappa shape index (κ2) is 4.67. The van der Waals surface area contributed by atoms with Gasteiger partial charge in [-0.05, 0) is 19.1 Å². The molecule has 0 radical (unpaired) electrons. The summed E-state index contributed by atoms with van der Waals surface area (Å²) in [7, 11) is -3.76. The molecule has 0 aliphatic heterocycles. The number of sulfonamides is 1. The van der Waals surface area contributed by atoms with Gasteiger partial charge < -0.3 is 5.11 Å². The van der Waals surface area contributed by atoms with Gasteiger partial charge in [0.1, 0.15) is 9.09 Å². The van der Waals surface area contributed by atoms with E-state index in [1.807, 2.05) is 0 Å². The van der Waals surface area contributed by atoms with Gasteiger partial charge in [-0.25, -0.2) is 18.2 Å². The number of nitrogens with zero attached hydrogens (tertiary/aromatic N) is 1. The minimum Gasteiger partial charge on any atom is -0.477 e. The van der Waals surface area contributed by atoms with E-state index >= 15 is 0 Å². The summed E-state index contributed by atoms with van der Waals surface area (Å²) in [6, 6.07) is 2.52. The number of thiophene rings is 1. The number of carboxylic acid groups (broad SMARTS) is 1. The van der Waals surface area contributed by atoms with Gasteiger partial charge in [-0.1, -0.05) is 0 Å². The molecule has 0 saturated carbocycles. The van der Waals surface area contributed by atoms with E-state index in [2.05, 4.69) is 9.71 Å². The van der Waals surface area contributed by atoms with Crippen LogP contribution in [0.25, 0.3) is 0 Å². The molecule has 0 saturated heterocycles. The molecule has 2 aromatic rings. The Balaban J connectivity index is 2.27. The number of nitrogens with one attached hydrogen (secondary N) is 1. The summed E-state index contributed by atoms with van der Waals surface area (Å²) in [6.45, 7) is 1.75. The Bertz CT molecular complexity index is 686. The molecule has 6 nitrogen and oxygen atoms in total. The highest BCUT2D eigenvalue weighted by Crippen LogP contribution is 2.25. The molecule has 0 spiro atoms. The Morgan fingerprint density at radius 3 is 2.67 bits per heavy atom. The zero-order valence-corrected chi connectivity index (χ0v) is 11.5. The molecule has 0 aliphatic carbocycles. The first-order valence-electron chi connectivity index (χ1n) is 4.66. The zero-order valence-electron chi connectivity index (χ0n) is 9.08. The summed E-state index contributed by atoms with van der Waals surface area (Å²) in [5, 5.41) is 10.7. The lowest BCUT2D eigenvalue weighted by Gasteiger charge is -2.01. The summed E-state index contributed by atoms with van der Waals surface area (Å²) >= 11 is 1.87. The average Bonchev–Trinajstić information content (AvgIpc) is 2.86. The fourth-order valence-electron chi connectivity index (χ4n) is 1.15. The molecule has 0 unspecified atom stereocenters. The molecule has 0 amide bonds. The lowest BCUT2D eigenvalue weighted by atomic mass is 10.5. The van der Waals surface area contributed by atoms with Crippen molar-refractivity contribution >= 4 is 43.8 Å². The topological polar surface area (TPSA) is 96.4 Å². The van der Waals surface area contributed by atoms with E-state index in [1.165, 1.54) is 23.5 Å². The highest BCUT2D eigenvalue weighted by Gasteiger charge is 2.20. The number of hydrogen-bond donors (Lipinski definition) is 2. The van der Waals surface area contributed by atoms with Gasteiger partial charge in [0.2, 0.25) is 0 Å². The molecule has 2 aromatic heterocycles. The van der Waals surface area contributed by atoms with E-state index in [0.717, 1.165) is 5.69 Å². The van der Waals surface area contributed by atoms with Gasteiger partial charge >= 0.3 is 5.97 Å². The minimum atomic E-state index is -3.76. The third-order valence-corrected chi connectivity index (χ3v) is 5.81. The summed E-state index contributed by atoms with van der Waals surface area (Å²) in [6.07, 6.45) is 0. The number of carbonyl (C=O) groups is 1. The number of carboxylic acids is 1. The molecular formula is C9H8N2O4S3. The Morgan fingerprint density at radius 2 is 2.17 bits per heavy atom. The van der Waals surface area contributed by atoms with Crippen LogP contribution >= 0.6 is 22.7 Å². The van der Waals surface area contributed by atoms with Crippen molar-refractivity contribution in [2.45, 2.75) is 11.1 Å². The fourth-order valence-corrected chi connectivity index (χ4v) is 4.23. The molecular weight excluding hydrogens is 296 g/mol. The Labute approximate surface area is 111 Å². The van der Waals surface area contributed by atoms with Gasteiger partial charge in [0.15, 0.2) is 5.13 Å². The molecule has 9 heteroatoms. The van der Waals surface area contributed by atoms with Crippen molar-refractivity contribution in [2.75, 3.05) is 4.72 Å². The van der Waals surface area contributed by atoms with Crippen LogP contribution in [0, 0.1) is 6.92 Å². The van der Waals surface area contributed by atoms with Crippen molar-refractivity contribution in [2.24, 2.45) is 0 Å². The quantitative estimate of drug-likeness (QED) is 0.900. The van der Waals surface area contributed by atoms with E-state index in [1.54, 1.807) is 12.3 Å². The second-order valence-corrected chi connectivity index (χ2v) is 7.17. The maximum Gasteiger partial charge on any atom is 0.345 e. The summed E-state index contributed by atoms with van der Waals surface area (Å²) in [5.74, 6) is -1.15. The summed E-state index contributed by atoms with van der Waals surface area (Å²) in [4.78, 5) is 14.6. The van der Waals surface area contributed by atoms with Gasteiger partial charge in [0.05, 0.1) is 5.69 Å². The van der Waals surface area contributed by atoms with Gasteiger partial charge in [-0.2, -0.15) is 0 Å². The number of aromatic carboxylic acids is 1. The highest BCUT2D eigenvalue weighted by molar-refractivity contribution is 7.94. The Morgan fingerprint density at radius 1 is 1.44 bits per heavy atom. The smallest absolute Gasteiger partial charge is 0.345 e. The number of aromatic nitrogens is 1. The first-order chi connectivity index (χ1) is 8.38. The number of aryl methyl sites for hydroxylation is 1. The lowest BCUT2D eigenvalue weighted by molar-refractivity contribution is 0.0702. The van der Waals surface area contributed by atoms with E-state index < -0.39 is 16.0 Å². The van der Waals surface area contributed by atoms with Gasteiger partial charge in [0, 0.05) is 5.38 Å². The molecule has 0 atom stereocenters. The third-order valence-electron chi connectivity index (χ3n) is 1.90. The predicted octanol–water partition coefficient (Wildman–Crippen LogP) is 2.01. The first-order valence-corrected chi connectivity index (χ1v) is 7.84. The lowest BCUT2D eigenvalue weighted by Crippen LogP contribution is -2.11. The molecule has 0 fully saturated rings. The predicted molar refractivity (Wildman–Crippen MR) is 68.9 cm³/mol. The van der Waals surface area contributed by atoms with Gasteiger partial charge in [-0.15, -0.1) is 22.7 Å². The molecule has 2 heterocycles. The Hall–Kier alpha value is -1.45. The maximum atomic E-state index is 11.9. The number of anilines is 1. The van der Waals surface area contributed by atoms with E-state index in [-0.39, 0.29) is 14.2 Å².